The van der Waals surface area contributed by atoms with Crippen LogP contribution in [0.5, 0.6) is 5.75 Å². The molecule has 0 fully saturated rings. The van der Waals surface area contributed by atoms with E-state index in [2.05, 4.69) is 0 Å². The molecular weight excluding hydrogens is 462 g/mol. The lowest BCUT2D eigenvalue weighted by molar-refractivity contribution is -0.135. The van der Waals surface area contributed by atoms with Crippen molar-refractivity contribution in [1.29, 1.82) is 0 Å². The fourth-order valence-corrected chi connectivity index (χ4v) is 4.65. The minimum Gasteiger partial charge on any atom is -0.484 e. The van der Waals surface area contributed by atoms with Crippen LogP contribution in [0, 0.1) is 0 Å². The van der Waals surface area contributed by atoms with Crippen LogP contribution >= 0.6 is 0 Å². The predicted octanol–water partition coefficient (Wildman–Crippen LogP) is 5.92. The number of ether oxygens (including phenoxy) is 1. The molecule has 1 aromatic heterocycles. The lowest BCUT2D eigenvalue weighted by Gasteiger charge is -2.30. The van der Waals surface area contributed by atoms with Gasteiger partial charge in [-0.3, -0.25) is 14.2 Å². The molecule has 0 radical (unpaired) electrons. The van der Waals surface area contributed by atoms with Gasteiger partial charge in [0, 0.05) is 6.54 Å². The third-order valence-corrected chi connectivity index (χ3v) is 6.52. The molecule has 0 aliphatic heterocycles. The van der Waals surface area contributed by atoms with Gasteiger partial charge in [-0.25, -0.2) is 4.98 Å². The van der Waals surface area contributed by atoms with E-state index < -0.39 is 6.04 Å². The molecule has 0 N–H and O–H groups in total. The lowest BCUT2D eigenvalue weighted by Crippen LogP contribution is -2.40. The largest absolute Gasteiger partial charge is 0.484 e. The number of amides is 1. The molecule has 6 nitrogen and oxygen atoms in total. The molecule has 4 aromatic carbocycles. The van der Waals surface area contributed by atoms with Gasteiger partial charge in [-0.15, -0.1) is 0 Å². The average Bonchev–Trinajstić information content (AvgIpc) is 2.94. The maximum atomic E-state index is 13.8. The summed E-state index contributed by atoms with van der Waals surface area (Å²) in [6, 6.07) is 30.1. The predicted molar refractivity (Wildman–Crippen MR) is 147 cm³/mol. The Bertz CT molecular complexity index is 1610. The zero-order valence-electron chi connectivity index (χ0n) is 21.0. The van der Waals surface area contributed by atoms with Gasteiger partial charge in [-0.05, 0) is 60.5 Å². The number of para-hydroxylation sites is 2. The molecule has 37 heavy (non-hydrogen) atoms. The van der Waals surface area contributed by atoms with Crippen LogP contribution in [0.3, 0.4) is 0 Å². The number of carbonyl (C=O) groups excluding carboxylic acids is 1. The van der Waals surface area contributed by atoms with Crippen molar-refractivity contribution in [1.82, 2.24) is 14.5 Å². The van der Waals surface area contributed by atoms with Gasteiger partial charge in [0.15, 0.2) is 6.61 Å². The van der Waals surface area contributed by atoms with Crippen LogP contribution in [-0.4, -0.2) is 33.5 Å². The van der Waals surface area contributed by atoms with E-state index >= 15 is 0 Å². The number of hydrogen-bond donors (Lipinski definition) is 0. The Kier molecular flexibility index (Phi) is 6.99. The Morgan fingerprint density at radius 1 is 0.919 bits per heavy atom. The molecule has 5 aromatic rings. The van der Waals surface area contributed by atoms with E-state index in [1.807, 2.05) is 105 Å². The normalized spacial score (nSPS) is 11.9. The summed E-state index contributed by atoms with van der Waals surface area (Å²) in [5, 5.41) is 2.65. The highest BCUT2D eigenvalue weighted by Crippen LogP contribution is 2.25. The molecule has 0 aliphatic carbocycles. The highest BCUT2D eigenvalue weighted by Gasteiger charge is 2.26. The fraction of sp³-hybridized carbons (Fsp3) is 0.194. The van der Waals surface area contributed by atoms with Crippen molar-refractivity contribution in [3.8, 4) is 11.4 Å². The van der Waals surface area contributed by atoms with Gasteiger partial charge in [0.2, 0.25) is 0 Å². The molecular formula is C31H29N3O3. The molecule has 6 heteroatoms. The van der Waals surface area contributed by atoms with Gasteiger partial charge in [-0.1, -0.05) is 67.6 Å². The molecule has 0 aliphatic rings. The summed E-state index contributed by atoms with van der Waals surface area (Å²) in [7, 11) is 0. The first kappa shape index (κ1) is 24.3. The van der Waals surface area contributed by atoms with Crippen LogP contribution in [0.25, 0.3) is 27.4 Å². The SMILES string of the molecule is CCCN(C(=O)COc1ccccc1)C(C)c1nc2ccccc2c(=O)n1-c1ccc2ccccc2c1. The van der Waals surface area contributed by atoms with E-state index in [1.54, 1.807) is 15.5 Å². The first-order valence-corrected chi connectivity index (χ1v) is 12.5. The van der Waals surface area contributed by atoms with E-state index in [0.717, 1.165) is 17.2 Å². The summed E-state index contributed by atoms with van der Waals surface area (Å²) in [5.74, 6) is 0.989. The second-order valence-corrected chi connectivity index (χ2v) is 9.02. The molecule has 1 amide bonds. The number of hydrogen-bond acceptors (Lipinski definition) is 4. The van der Waals surface area contributed by atoms with E-state index in [0.29, 0.717) is 34.7 Å². The Morgan fingerprint density at radius 2 is 1.62 bits per heavy atom. The van der Waals surface area contributed by atoms with Crippen LogP contribution in [0.15, 0.2) is 102 Å². The number of fused-ring (bicyclic) bond motifs is 2. The molecule has 0 bridgehead atoms. The molecule has 1 heterocycles. The first-order valence-electron chi connectivity index (χ1n) is 12.5. The topological polar surface area (TPSA) is 64.4 Å². The summed E-state index contributed by atoms with van der Waals surface area (Å²) in [6.07, 6.45) is 0.759. The summed E-state index contributed by atoms with van der Waals surface area (Å²) in [6.45, 7) is 4.36. The van der Waals surface area contributed by atoms with Gasteiger partial charge in [0.1, 0.15) is 11.6 Å². The van der Waals surface area contributed by atoms with Crippen molar-refractivity contribution >= 4 is 27.6 Å². The molecule has 1 unspecified atom stereocenters. The van der Waals surface area contributed by atoms with Crippen molar-refractivity contribution in [3.05, 3.63) is 113 Å². The standard InChI is InChI=1S/C31H29N3O3/c1-3-19-33(29(35)21-37-26-13-5-4-6-14-26)22(2)30-32-28-16-10-9-15-27(28)31(36)34(30)25-18-17-23-11-7-8-12-24(23)20-25/h4-18,20,22H,3,19,21H2,1-2H3. The number of benzene rings is 4. The quantitative estimate of drug-likeness (QED) is 0.270. The van der Waals surface area contributed by atoms with Crippen molar-refractivity contribution in [2.45, 2.75) is 26.3 Å². The number of carbonyl (C=O) groups is 1. The average molecular weight is 492 g/mol. The van der Waals surface area contributed by atoms with Crippen molar-refractivity contribution < 1.29 is 9.53 Å². The molecule has 1 atom stereocenters. The maximum absolute atomic E-state index is 13.8. The Morgan fingerprint density at radius 3 is 2.41 bits per heavy atom. The van der Waals surface area contributed by atoms with Crippen LogP contribution in [0.1, 0.15) is 32.1 Å². The minimum absolute atomic E-state index is 0.0951. The third-order valence-electron chi connectivity index (χ3n) is 6.52. The van der Waals surface area contributed by atoms with E-state index in [4.69, 9.17) is 9.72 Å². The lowest BCUT2D eigenvalue weighted by atomic mass is 10.1. The van der Waals surface area contributed by atoms with Crippen LogP contribution in [-0.2, 0) is 4.79 Å². The van der Waals surface area contributed by atoms with E-state index in [-0.39, 0.29) is 18.1 Å². The van der Waals surface area contributed by atoms with Crippen LogP contribution in [0.2, 0.25) is 0 Å². The third kappa shape index (κ3) is 4.96. The van der Waals surface area contributed by atoms with Crippen LogP contribution in [0.4, 0.5) is 0 Å². The highest BCUT2D eigenvalue weighted by molar-refractivity contribution is 5.85. The minimum atomic E-state index is -0.462. The summed E-state index contributed by atoms with van der Waals surface area (Å²) in [5.41, 5.74) is 1.16. The van der Waals surface area contributed by atoms with Gasteiger partial charge in [0.25, 0.3) is 11.5 Å². The Hall–Kier alpha value is -4.45. The van der Waals surface area contributed by atoms with Crippen molar-refractivity contribution in [3.63, 3.8) is 0 Å². The van der Waals surface area contributed by atoms with E-state index in [9.17, 15) is 9.59 Å². The Balaban J connectivity index is 1.59. The molecule has 0 saturated heterocycles. The zero-order chi connectivity index (χ0) is 25.8. The second-order valence-electron chi connectivity index (χ2n) is 9.02. The monoisotopic (exact) mass is 491 g/mol. The molecule has 0 spiro atoms. The Labute approximate surface area is 215 Å². The van der Waals surface area contributed by atoms with Gasteiger partial charge in [0.05, 0.1) is 22.6 Å². The zero-order valence-corrected chi connectivity index (χ0v) is 21.0. The van der Waals surface area contributed by atoms with Crippen molar-refractivity contribution in [2.75, 3.05) is 13.2 Å². The van der Waals surface area contributed by atoms with Crippen molar-refractivity contribution in [2.24, 2.45) is 0 Å². The smallest absolute Gasteiger partial charge is 0.266 e. The summed E-state index contributed by atoms with van der Waals surface area (Å²) in [4.78, 5) is 33.9. The fourth-order valence-electron chi connectivity index (χ4n) is 4.65. The molecule has 186 valence electrons. The second kappa shape index (κ2) is 10.7. The first-order chi connectivity index (χ1) is 18.1. The van der Waals surface area contributed by atoms with Crippen LogP contribution < -0.4 is 10.3 Å². The van der Waals surface area contributed by atoms with Gasteiger partial charge in [-0.2, -0.15) is 0 Å². The van der Waals surface area contributed by atoms with Gasteiger partial charge < -0.3 is 9.64 Å². The highest BCUT2D eigenvalue weighted by atomic mass is 16.5. The van der Waals surface area contributed by atoms with Gasteiger partial charge >= 0.3 is 0 Å². The van der Waals surface area contributed by atoms with E-state index in [1.165, 1.54) is 0 Å². The number of aromatic nitrogens is 2. The molecule has 5 rings (SSSR count). The molecule has 0 saturated carbocycles. The number of rotatable bonds is 8. The number of nitrogens with zero attached hydrogens (tertiary/aromatic N) is 3. The maximum Gasteiger partial charge on any atom is 0.266 e. The summed E-state index contributed by atoms with van der Waals surface area (Å²) < 4.78 is 7.40. The summed E-state index contributed by atoms with van der Waals surface area (Å²) >= 11 is 0.